The lowest BCUT2D eigenvalue weighted by molar-refractivity contribution is -0.116. The molecule has 1 aliphatic heterocycles. The van der Waals surface area contributed by atoms with Gasteiger partial charge in [-0.25, -0.2) is 0 Å². The molecule has 25 heavy (non-hydrogen) atoms. The van der Waals surface area contributed by atoms with Gasteiger partial charge in [0.15, 0.2) is 0 Å². The van der Waals surface area contributed by atoms with Crippen molar-refractivity contribution in [1.82, 2.24) is 0 Å². The monoisotopic (exact) mass is 441 g/mol. The van der Waals surface area contributed by atoms with E-state index < -0.39 is 0 Å². The van der Waals surface area contributed by atoms with E-state index in [1.807, 2.05) is 30.3 Å². The first-order valence-corrected chi connectivity index (χ1v) is 10.1. The maximum atomic E-state index is 12.4. The van der Waals surface area contributed by atoms with E-state index in [9.17, 15) is 4.79 Å². The van der Waals surface area contributed by atoms with E-state index in [4.69, 9.17) is 21.1 Å². The molecule has 2 aromatic carbocycles. The first kappa shape index (κ1) is 18.4. The van der Waals surface area contributed by atoms with Crippen LogP contribution in [0.2, 0.25) is 5.02 Å². The summed E-state index contributed by atoms with van der Waals surface area (Å²) in [5.74, 6) is 1.43. The molecule has 0 aromatic heterocycles. The molecule has 2 aromatic rings. The van der Waals surface area contributed by atoms with Gasteiger partial charge in [0.2, 0.25) is 5.91 Å². The molecule has 1 unspecified atom stereocenters. The molecule has 132 valence electrons. The quantitative estimate of drug-likeness (QED) is 0.591. The van der Waals surface area contributed by atoms with Gasteiger partial charge >= 0.3 is 0 Å². The van der Waals surface area contributed by atoms with E-state index >= 15 is 0 Å². The molecule has 7 heteroatoms. The molecule has 0 saturated heterocycles. The zero-order chi connectivity index (χ0) is 18.0. The Hall–Kier alpha value is -1.37. The van der Waals surface area contributed by atoms with Crippen LogP contribution in [0.1, 0.15) is 17.9 Å². The SMILES string of the molecule is COc1ccc(OCCBr)c(C2Sc3cc(Cl)ccc3N2C(C)=O)c1. The highest BCUT2D eigenvalue weighted by Gasteiger charge is 2.36. The average molecular weight is 443 g/mol. The van der Waals surface area contributed by atoms with E-state index in [2.05, 4.69) is 15.9 Å². The Morgan fingerprint density at radius 3 is 2.80 bits per heavy atom. The van der Waals surface area contributed by atoms with Crippen molar-refractivity contribution < 1.29 is 14.3 Å². The molecule has 0 spiro atoms. The number of nitrogens with zero attached hydrogens (tertiary/aromatic N) is 1. The van der Waals surface area contributed by atoms with Gasteiger partial charge in [-0.1, -0.05) is 39.3 Å². The van der Waals surface area contributed by atoms with Crippen molar-refractivity contribution in [2.45, 2.75) is 17.2 Å². The lowest BCUT2D eigenvalue weighted by Crippen LogP contribution is -2.28. The van der Waals surface area contributed by atoms with E-state index in [1.165, 1.54) is 0 Å². The summed E-state index contributed by atoms with van der Waals surface area (Å²) >= 11 is 11.1. The number of thioether (sulfide) groups is 1. The second kappa shape index (κ2) is 7.89. The van der Waals surface area contributed by atoms with E-state index in [0.29, 0.717) is 11.6 Å². The van der Waals surface area contributed by atoms with Crippen molar-refractivity contribution in [1.29, 1.82) is 0 Å². The molecule has 0 saturated carbocycles. The molecule has 1 atom stereocenters. The predicted octanol–water partition coefficient (Wildman–Crippen LogP) is 5.28. The molecule has 0 N–H and O–H groups in total. The van der Waals surface area contributed by atoms with E-state index in [1.54, 1.807) is 36.8 Å². The lowest BCUT2D eigenvalue weighted by atomic mass is 10.1. The fourth-order valence-electron chi connectivity index (χ4n) is 2.74. The topological polar surface area (TPSA) is 38.8 Å². The molecule has 4 nitrogen and oxygen atoms in total. The van der Waals surface area contributed by atoms with Crippen LogP contribution >= 0.6 is 39.3 Å². The Kier molecular flexibility index (Phi) is 5.81. The van der Waals surface area contributed by atoms with Gasteiger partial charge in [0.1, 0.15) is 16.9 Å². The maximum absolute atomic E-state index is 12.4. The number of amides is 1. The highest BCUT2D eigenvalue weighted by molar-refractivity contribution is 9.09. The van der Waals surface area contributed by atoms with Crippen LogP contribution in [0.25, 0.3) is 0 Å². The van der Waals surface area contributed by atoms with Crippen molar-refractivity contribution in [3.8, 4) is 11.5 Å². The van der Waals surface area contributed by atoms with E-state index in [0.717, 1.165) is 33.0 Å². The number of rotatable bonds is 5. The van der Waals surface area contributed by atoms with Crippen LogP contribution in [0.3, 0.4) is 0 Å². The Labute approximate surface area is 164 Å². The fourth-order valence-corrected chi connectivity index (χ4v) is 4.54. The first-order chi connectivity index (χ1) is 12.0. The molecule has 1 heterocycles. The van der Waals surface area contributed by atoms with Gasteiger partial charge in [-0.05, 0) is 36.4 Å². The summed E-state index contributed by atoms with van der Waals surface area (Å²) in [6, 6.07) is 11.2. The number of methoxy groups -OCH3 is 1. The molecule has 1 amide bonds. The minimum absolute atomic E-state index is 0.0344. The second-order valence-corrected chi connectivity index (χ2v) is 7.76. The molecule has 0 fully saturated rings. The van der Waals surface area contributed by atoms with Crippen LogP contribution in [0.5, 0.6) is 11.5 Å². The Bertz CT molecular complexity index is 802. The predicted molar refractivity (Wildman–Crippen MR) is 105 cm³/mol. The molecule has 0 bridgehead atoms. The Balaban J connectivity index is 2.07. The number of alkyl halides is 1. The number of ether oxygens (including phenoxy) is 2. The second-order valence-electron chi connectivity index (χ2n) is 5.41. The third kappa shape index (κ3) is 3.76. The van der Waals surface area contributed by atoms with Gasteiger partial charge in [0, 0.05) is 27.7 Å². The van der Waals surface area contributed by atoms with Gasteiger partial charge in [-0.3, -0.25) is 9.69 Å². The summed E-state index contributed by atoms with van der Waals surface area (Å²) in [5.41, 5.74) is 1.76. The third-order valence-electron chi connectivity index (χ3n) is 3.81. The van der Waals surface area contributed by atoms with Crippen molar-refractivity contribution in [3.05, 3.63) is 47.0 Å². The van der Waals surface area contributed by atoms with Crippen molar-refractivity contribution in [2.75, 3.05) is 23.9 Å². The summed E-state index contributed by atoms with van der Waals surface area (Å²) in [6.45, 7) is 2.10. The van der Waals surface area contributed by atoms with Gasteiger partial charge in [-0.15, -0.1) is 0 Å². The van der Waals surface area contributed by atoms with E-state index in [-0.39, 0.29) is 11.3 Å². The number of hydrogen-bond acceptors (Lipinski definition) is 4. The van der Waals surface area contributed by atoms with Gasteiger partial charge in [0.05, 0.1) is 19.4 Å². The number of carbonyl (C=O) groups excluding carboxylic acids is 1. The molecular formula is C18H17BrClNO3S. The zero-order valence-corrected chi connectivity index (χ0v) is 17.0. The molecule has 0 radical (unpaired) electrons. The smallest absolute Gasteiger partial charge is 0.225 e. The van der Waals surface area contributed by atoms with Crippen molar-refractivity contribution in [3.63, 3.8) is 0 Å². The van der Waals surface area contributed by atoms with Crippen LogP contribution < -0.4 is 14.4 Å². The third-order valence-corrected chi connectivity index (χ3v) is 5.64. The number of halogens is 2. The zero-order valence-electron chi connectivity index (χ0n) is 13.8. The molecule has 1 aliphatic rings. The number of hydrogen-bond donors (Lipinski definition) is 0. The highest BCUT2D eigenvalue weighted by Crippen LogP contribution is 2.54. The standard InChI is InChI=1S/C18H17BrClNO3S/c1-11(22)21-15-5-3-12(20)9-17(15)25-18(21)14-10-13(23-2)4-6-16(14)24-8-7-19/h3-6,9-10,18H,7-8H2,1-2H3. The van der Waals surface area contributed by atoms with Crippen molar-refractivity contribution in [2.24, 2.45) is 0 Å². The van der Waals surface area contributed by atoms with Gasteiger partial charge in [-0.2, -0.15) is 0 Å². The summed E-state index contributed by atoms with van der Waals surface area (Å²) in [6.07, 6.45) is 0. The summed E-state index contributed by atoms with van der Waals surface area (Å²) in [7, 11) is 1.62. The van der Waals surface area contributed by atoms with Gasteiger partial charge < -0.3 is 9.47 Å². The van der Waals surface area contributed by atoms with Crippen LogP contribution in [0.4, 0.5) is 5.69 Å². The maximum Gasteiger partial charge on any atom is 0.225 e. The molecule has 3 rings (SSSR count). The van der Waals surface area contributed by atoms with Crippen molar-refractivity contribution >= 4 is 50.9 Å². The van der Waals surface area contributed by atoms with Crippen LogP contribution in [-0.2, 0) is 4.79 Å². The number of benzene rings is 2. The molecule has 0 aliphatic carbocycles. The summed E-state index contributed by atoms with van der Waals surface area (Å²) < 4.78 is 11.2. The number of fused-ring (bicyclic) bond motifs is 1. The normalized spacial score (nSPS) is 15.8. The summed E-state index contributed by atoms with van der Waals surface area (Å²) in [4.78, 5) is 15.1. The minimum Gasteiger partial charge on any atom is -0.497 e. The number of carbonyl (C=O) groups is 1. The van der Waals surface area contributed by atoms with Gasteiger partial charge in [0.25, 0.3) is 0 Å². The highest BCUT2D eigenvalue weighted by atomic mass is 79.9. The first-order valence-electron chi connectivity index (χ1n) is 7.68. The largest absolute Gasteiger partial charge is 0.497 e. The fraction of sp³-hybridized carbons (Fsp3) is 0.278. The minimum atomic E-state index is -0.230. The average Bonchev–Trinajstić information content (AvgIpc) is 2.98. The Morgan fingerprint density at radius 2 is 2.12 bits per heavy atom. The summed E-state index contributed by atoms with van der Waals surface area (Å²) in [5, 5.41) is 1.14. The van der Waals surface area contributed by atoms with Crippen LogP contribution in [-0.4, -0.2) is 25.0 Å². The van der Waals surface area contributed by atoms with Crippen LogP contribution in [0, 0.1) is 0 Å². The van der Waals surface area contributed by atoms with Crippen LogP contribution in [0.15, 0.2) is 41.3 Å². The number of anilines is 1. The molecular weight excluding hydrogens is 426 g/mol. The lowest BCUT2D eigenvalue weighted by Gasteiger charge is -2.25. The Morgan fingerprint density at radius 1 is 1.32 bits per heavy atom.